The van der Waals surface area contributed by atoms with Gasteiger partial charge in [-0.15, -0.1) is 0 Å². The molecule has 0 radical (unpaired) electrons. The van der Waals surface area contributed by atoms with Gasteiger partial charge in [0.25, 0.3) is 0 Å². The zero-order valence-electron chi connectivity index (χ0n) is 12.5. The first-order chi connectivity index (χ1) is 9.94. The molecule has 1 aromatic carbocycles. The summed E-state index contributed by atoms with van der Waals surface area (Å²) in [6.07, 6.45) is 2.49. The molecule has 1 fully saturated rings. The van der Waals surface area contributed by atoms with Crippen molar-refractivity contribution in [3.63, 3.8) is 0 Å². The Balaban J connectivity index is 1.86. The molecule has 21 heavy (non-hydrogen) atoms. The predicted octanol–water partition coefficient (Wildman–Crippen LogP) is 2.22. The van der Waals surface area contributed by atoms with E-state index in [9.17, 15) is 14.3 Å². The summed E-state index contributed by atoms with van der Waals surface area (Å²) in [6, 6.07) is 6.05. The van der Waals surface area contributed by atoms with Crippen LogP contribution in [-0.2, 0) is 6.42 Å². The summed E-state index contributed by atoms with van der Waals surface area (Å²) in [5.41, 5.74) is 0.0133. The van der Waals surface area contributed by atoms with E-state index in [4.69, 9.17) is 0 Å². The average Bonchev–Trinajstić information content (AvgIpc) is 3.25. The smallest absolute Gasteiger partial charge is 0.315 e. The summed E-state index contributed by atoms with van der Waals surface area (Å²) < 4.78 is 13.6. The summed E-state index contributed by atoms with van der Waals surface area (Å²) in [7, 11) is 0. The van der Waals surface area contributed by atoms with Crippen molar-refractivity contribution in [2.75, 3.05) is 6.61 Å². The second kappa shape index (κ2) is 6.43. The van der Waals surface area contributed by atoms with Crippen LogP contribution in [0.25, 0.3) is 0 Å². The van der Waals surface area contributed by atoms with Gasteiger partial charge in [0, 0.05) is 6.04 Å². The standard InChI is InChI=1S/C16H23FN2O2/c1-11(9-12-5-3-4-6-14(12)17)18-15(21)19-16(2,10-20)13-7-8-13/h3-6,11,13,20H,7-10H2,1-2H3,(H2,18,19,21). The van der Waals surface area contributed by atoms with E-state index in [0.29, 0.717) is 17.9 Å². The van der Waals surface area contributed by atoms with Crippen molar-refractivity contribution >= 4 is 6.03 Å². The maximum atomic E-state index is 13.6. The molecule has 1 aliphatic carbocycles. The third kappa shape index (κ3) is 4.17. The summed E-state index contributed by atoms with van der Waals surface area (Å²) in [4.78, 5) is 12.0. The Hall–Kier alpha value is -1.62. The number of hydrogen-bond acceptors (Lipinski definition) is 2. The van der Waals surface area contributed by atoms with Crippen LogP contribution in [0.5, 0.6) is 0 Å². The molecule has 1 aromatic rings. The molecule has 2 atom stereocenters. The molecule has 2 amide bonds. The lowest BCUT2D eigenvalue weighted by Crippen LogP contribution is -2.55. The molecule has 0 heterocycles. The number of hydrogen-bond donors (Lipinski definition) is 3. The largest absolute Gasteiger partial charge is 0.394 e. The molecule has 2 rings (SSSR count). The average molecular weight is 294 g/mol. The molecular formula is C16H23FN2O2. The fourth-order valence-corrected chi connectivity index (χ4v) is 2.56. The molecule has 4 nitrogen and oxygen atoms in total. The molecular weight excluding hydrogens is 271 g/mol. The fourth-order valence-electron chi connectivity index (χ4n) is 2.56. The van der Waals surface area contributed by atoms with Gasteiger partial charge in [-0.25, -0.2) is 9.18 Å². The molecule has 1 aliphatic rings. The van der Waals surface area contributed by atoms with Crippen molar-refractivity contribution in [1.29, 1.82) is 0 Å². The second-order valence-electron chi connectivity index (χ2n) is 6.14. The van der Waals surface area contributed by atoms with Crippen molar-refractivity contribution in [3.05, 3.63) is 35.6 Å². The molecule has 0 spiro atoms. The predicted molar refractivity (Wildman–Crippen MR) is 79.4 cm³/mol. The number of halogens is 1. The molecule has 116 valence electrons. The summed E-state index contributed by atoms with van der Waals surface area (Å²) in [6.45, 7) is 3.61. The normalized spacial score (nSPS) is 18.7. The highest BCUT2D eigenvalue weighted by atomic mass is 19.1. The maximum absolute atomic E-state index is 13.6. The van der Waals surface area contributed by atoms with Gasteiger partial charge in [-0.2, -0.15) is 0 Å². The summed E-state index contributed by atoms with van der Waals surface area (Å²) >= 11 is 0. The van der Waals surface area contributed by atoms with E-state index in [1.165, 1.54) is 6.07 Å². The first kappa shape index (κ1) is 15.8. The molecule has 0 aliphatic heterocycles. The van der Waals surface area contributed by atoms with E-state index in [1.54, 1.807) is 18.2 Å². The lowest BCUT2D eigenvalue weighted by Gasteiger charge is -2.29. The third-order valence-electron chi connectivity index (χ3n) is 4.07. The van der Waals surface area contributed by atoms with Crippen LogP contribution in [0.15, 0.2) is 24.3 Å². The quantitative estimate of drug-likeness (QED) is 0.753. The first-order valence-corrected chi connectivity index (χ1v) is 7.37. The second-order valence-corrected chi connectivity index (χ2v) is 6.14. The van der Waals surface area contributed by atoms with Gasteiger partial charge in [-0.3, -0.25) is 0 Å². The number of aliphatic hydroxyl groups excluding tert-OH is 1. The molecule has 2 unspecified atom stereocenters. The number of amides is 2. The Kier molecular flexibility index (Phi) is 4.83. The lowest BCUT2D eigenvalue weighted by molar-refractivity contribution is 0.154. The van der Waals surface area contributed by atoms with Crippen molar-refractivity contribution in [1.82, 2.24) is 10.6 Å². The molecule has 0 bridgehead atoms. The fraction of sp³-hybridized carbons (Fsp3) is 0.562. The SMILES string of the molecule is CC(Cc1ccccc1F)NC(=O)NC(C)(CO)C1CC1. The topological polar surface area (TPSA) is 61.4 Å². The van der Waals surface area contributed by atoms with Gasteiger partial charge in [0.2, 0.25) is 0 Å². The Labute approximate surface area is 124 Å². The van der Waals surface area contributed by atoms with E-state index in [-0.39, 0.29) is 24.5 Å². The number of aliphatic hydroxyl groups is 1. The monoisotopic (exact) mass is 294 g/mol. The number of rotatable bonds is 6. The molecule has 0 saturated heterocycles. The van der Waals surface area contributed by atoms with Crippen LogP contribution in [0.3, 0.4) is 0 Å². The van der Waals surface area contributed by atoms with Gasteiger partial charge < -0.3 is 15.7 Å². The Morgan fingerprint density at radius 1 is 1.48 bits per heavy atom. The van der Waals surface area contributed by atoms with Crippen LogP contribution < -0.4 is 10.6 Å². The first-order valence-electron chi connectivity index (χ1n) is 7.37. The number of nitrogens with one attached hydrogen (secondary N) is 2. The number of carbonyl (C=O) groups is 1. The number of carbonyl (C=O) groups excluding carboxylic acids is 1. The van der Waals surface area contributed by atoms with Crippen LogP contribution in [-0.4, -0.2) is 29.3 Å². The number of benzene rings is 1. The van der Waals surface area contributed by atoms with Gasteiger partial charge in [0.1, 0.15) is 5.82 Å². The highest BCUT2D eigenvalue weighted by molar-refractivity contribution is 5.75. The van der Waals surface area contributed by atoms with Crippen LogP contribution in [0, 0.1) is 11.7 Å². The minimum atomic E-state index is -0.568. The third-order valence-corrected chi connectivity index (χ3v) is 4.07. The van der Waals surface area contributed by atoms with Gasteiger partial charge >= 0.3 is 6.03 Å². The molecule has 0 aromatic heterocycles. The highest BCUT2D eigenvalue weighted by Crippen LogP contribution is 2.39. The molecule has 5 heteroatoms. The van der Waals surface area contributed by atoms with Crippen molar-refractivity contribution in [3.8, 4) is 0 Å². The van der Waals surface area contributed by atoms with Crippen LogP contribution >= 0.6 is 0 Å². The Bertz CT molecular complexity index is 505. The van der Waals surface area contributed by atoms with E-state index in [1.807, 2.05) is 13.8 Å². The Morgan fingerprint density at radius 3 is 2.71 bits per heavy atom. The molecule has 1 saturated carbocycles. The van der Waals surface area contributed by atoms with E-state index >= 15 is 0 Å². The van der Waals surface area contributed by atoms with Crippen molar-refractivity contribution < 1.29 is 14.3 Å². The highest BCUT2D eigenvalue weighted by Gasteiger charge is 2.42. The van der Waals surface area contributed by atoms with E-state index in [2.05, 4.69) is 10.6 Å². The van der Waals surface area contributed by atoms with Gasteiger partial charge in [0.05, 0.1) is 12.1 Å². The maximum Gasteiger partial charge on any atom is 0.315 e. The zero-order valence-corrected chi connectivity index (χ0v) is 12.5. The summed E-state index contributed by atoms with van der Waals surface area (Å²) in [5.74, 6) is 0.0832. The van der Waals surface area contributed by atoms with Crippen LogP contribution in [0.2, 0.25) is 0 Å². The van der Waals surface area contributed by atoms with Crippen molar-refractivity contribution in [2.45, 2.75) is 44.7 Å². The summed E-state index contributed by atoms with van der Waals surface area (Å²) in [5, 5.41) is 15.1. The van der Waals surface area contributed by atoms with E-state index in [0.717, 1.165) is 12.8 Å². The van der Waals surface area contributed by atoms with Gasteiger partial charge in [-0.05, 0) is 50.7 Å². The van der Waals surface area contributed by atoms with Crippen molar-refractivity contribution in [2.24, 2.45) is 5.92 Å². The van der Waals surface area contributed by atoms with Crippen LogP contribution in [0.4, 0.5) is 9.18 Å². The minimum Gasteiger partial charge on any atom is -0.394 e. The van der Waals surface area contributed by atoms with E-state index < -0.39 is 5.54 Å². The zero-order chi connectivity index (χ0) is 15.5. The number of urea groups is 1. The lowest BCUT2D eigenvalue weighted by atomic mass is 9.97. The van der Waals surface area contributed by atoms with Crippen LogP contribution in [0.1, 0.15) is 32.3 Å². The van der Waals surface area contributed by atoms with Gasteiger partial charge in [0.15, 0.2) is 0 Å². The molecule has 3 N–H and O–H groups in total. The minimum absolute atomic E-state index is 0.0766. The van der Waals surface area contributed by atoms with Gasteiger partial charge in [-0.1, -0.05) is 18.2 Å². The Morgan fingerprint density at radius 2 is 2.14 bits per heavy atom.